The number of carbonyl (C=O) groups excluding carboxylic acids is 1. The minimum Gasteiger partial charge on any atom is -0.366 e. The summed E-state index contributed by atoms with van der Waals surface area (Å²) in [5.41, 5.74) is 5.50. The summed E-state index contributed by atoms with van der Waals surface area (Å²) in [6.07, 6.45) is 3.46. The largest absolute Gasteiger partial charge is 0.366 e. The fourth-order valence-corrected chi connectivity index (χ4v) is 2.40. The Hall–Kier alpha value is -1.63. The molecule has 100 valence electrons. The minimum atomic E-state index is -0.174. The number of amides is 1. The number of nitrogens with two attached hydrogens (primary N) is 1. The van der Waals surface area contributed by atoms with Crippen LogP contribution >= 0.6 is 0 Å². The van der Waals surface area contributed by atoms with Crippen LogP contribution in [0.15, 0.2) is 0 Å². The molecule has 7 heteroatoms. The molecule has 1 fully saturated rings. The van der Waals surface area contributed by atoms with E-state index < -0.39 is 0 Å². The number of nitrogens with zero attached hydrogens (tertiary/aromatic N) is 4. The van der Waals surface area contributed by atoms with Gasteiger partial charge in [-0.3, -0.25) is 9.89 Å². The minimum absolute atomic E-state index is 0.0951. The van der Waals surface area contributed by atoms with Crippen LogP contribution < -0.4 is 5.73 Å². The predicted molar refractivity (Wildman–Crippen MR) is 68.0 cm³/mol. The lowest BCUT2D eigenvalue weighted by molar-refractivity contribution is 0.0248. The molecule has 2 rings (SSSR count). The predicted octanol–water partition coefficient (Wildman–Crippen LogP) is -0.0568. The lowest BCUT2D eigenvalue weighted by Gasteiger charge is -2.49. The van der Waals surface area contributed by atoms with Gasteiger partial charge < -0.3 is 15.5 Å². The number of rotatable bonds is 4. The quantitative estimate of drug-likeness (QED) is 0.783. The van der Waals surface area contributed by atoms with Crippen LogP contribution in [0, 0.1) is 0 Å². The third-order valence-corrected chi connectivity index (χ3v) is 3.82. The summed E-state index contributed by atoms with van der Waals surface area (Å²) in [6.45, 7) is 0.694. The molecule has 0 aromatic carbocycles. The molecule has 7 nitrogen and oxygen atoms in total. The molecule has 0 radical (unpaired) electrons. The molecule has 0 spiro atoms. The zero-order chi connectivity index (χ0) is 13.3. The molecule has 0 unspecified atom stereocenters. The number of hydrogen-bond acceptors (Lipinski definition) is 5. The van der Waals surface area contributed by atoms with E-state index in [-0.39, 0.29) is 23.2 Å². The Kier molecular flexibility index (Phi) is 3.25. The normalized spacial score (nSPS) is 17.6. The van der Waals surface area contributed by atoms with Crippen molar-refractivity contribution in [1.82, 2.24) is 25.0 Å². The molecule has 18 heavy (non-hydrogen) atoms. The molecule has 1 aromatic rings. The number of aromatic amines is 1. The summed E-state index contributed by atoms with van der Waals surface area (Å²) in [6, 6.07) is 0. The van der Waals surface area contributed by atoms with Crippen molar-refractivity contribution in [2.75, 3.05) is 33.4 Å². The third-order valence-electron chi connectivity index (χ3n) is 3.82. The van der Waals surface area contributed by atoms with Crippen molar-refractivity contribution in [1.29, 1.82) is 0 Å². The Labute approximate surface area is 106 Å². The van der Waals surface area contributed by atoms with Crippen molar-refractivity contribution in [3.8, 4) is 0 Å². The molecule has 3 N–H and O–H groups in total. The van der Waals surface area contributed by atoms with Crippen molar-refractivity contribution in [3.63, 3.8) is 0 Å². The molecule has 1 heterocycles. The van der Waals surface area contributed by atoms with Crippen LogP contribution in [0.3, 0.4) is 0 Å². The monoisotopic (exact) mass is 252 g/mol. The molecular weight excluding hydrogens is 232 g/mol. The number of nitrogen functional groups attached to an aromatic ring is 1. The fraction of sp³-hybridized carbons (Fsp3) is 0.727. The van der Waals surface area contributed by atoms with Gasteiger partial charge in [-0.25, -0.2) is 0 Å². The van der Waals surface area contributed by atoms with Gasteiger partial charge in [-0.2, -0.15) is 4.98 Å². The van der Waals surface area contributed by atoms with Crippen LogP contribution in [-0.2, 0) is 0 Å². The Morgan fingerprint density at radius 1 is 1.44 bits per heavy atom. The maximum atomic E-state index is 12.1. The number of carbonyl (C=O) groups is 1. The lowest BCUT2D eigenvalue weighted by Crippen LogP contribution is -2.57. The number of H-pyrrole nitrogens is 1. The second-order valence-corrected chi connectivity index (χ2v) is 5.18. The molecule has 0 aliphatic heterocycles. The third kappa shape index (κ3) is 2.17. The van der Waals surface area contributed by atoms with Gasteiger partial charge in [-0.1, -0.05) is 0 Å². The standard InChI is InChI=1S/C11H20N6O/c1-16(2)11(5-4-6-11)7-17(3)9(18)8-13-10(12)15-14-8/h4-7H2,1-3H3,(H3,12,13,14,15). The van der Waals surface area contributed by atoms with E-state index in [9.17, 15) is 4.79 Å². The zero-order valence-electron chi connectivity index (χ0n) is 11.1. The average molecular weight is 252 g/mol. The first-order valence-electron chi connectivity index (χ1n) is 6.05. The Morgan fingerprint density at radius 2 is 2.11 bits per heavy atom. The molecule has 1 saturated carbocycles. The molecule has 1 aliphatic rings. The first-order valence-corrected chi connectivity index (χ1v) is 6.05. The van der Waals surface area contributed by atoms with Crippen LogP contribution in [0.25, 0.3) is 0 Å². The van der Waals surface area contributed by atoms with Crippen molar-refractivity contribution in [2.45, 2.75) is 24.8 Å². The van der Waals surface area contributed by atoms with Gasteiger partial charge in [0, 0.05) is 19.1 Å². The van der Waals surface area contributed by atoms with Gasteiger partial charge >= 0.3 is 0 Å². The van der Waals surface area contributed by atoms with Gasteiger partial charge in [0.05, 0.1) is 0 Å². The van der Waals surface area contributed by atoms with Gasteiger partial charge in [0.25, 0.3) is 5.91 Å². The summed E-state index contributed by atoms with van der Waals surface area (Å²) in [5, 5.41) is 6.22. The van der Waals surface area contributed by atoms with Crippen LogP contribution in [0.1, 0.15) is 29.9 Å². The SMILES string of the molecule is CN(CC1(N(C)C)CCC1)C(=O)c1nc(N)n[nH]1. The van der Waals surface area contributed by atoms with Gasteiger partial charge in [0.1, 0.15) is 0 Å². The summed E-state index contributed by atoms with van der Waals surface area (Å²) >= 11 is 0. The lowest BCUT2D eigenvalue weighted by atomic mass is 9.75. The smallest absolute Gasteiger partial charge is 0.291 e. The van der Waals surface area contributed by atoms with Crippen molar-refractivity contribution in [2.24, 2.45) is 0 Å². The highest BCUT2D eigenvalue weighted by molar-refractivity contribution is 5.90. The molecule has 1 aromatic heterocycles. The van der Waals surface area contributed by atoms with Crippen LogP contribution in [0.4, 0.5) is 5.95 Å². The van der Waals surface area contributed by atoms with E-state index in [1.807, 2.05) is 0 Å². The number of aromatic nitrogens is 3. The van der Waals surface area contributed by atoms with Crippen LogP contribution in [-0.4, -0.2) is 64.1 Å². The molecule has 0 bridgehead atoms. The maximum absolute atomic E-state index is 12.1. The number of hydrogen-bond donors (Lipinski definition) is 2. The van der Waals surface area contributed by atoms with E-state index in [1.165, 1.54) is 6.42 Å². The molecule has 1 amide bonds. The first kappa shape index (κ1) is 12.8. The summed E-state index contributed by atoms with van der Waals surface area (Å²) in [7, 11) is 5.90. The number of likely N-dealkylation sites (N-methyl/N-ethyl adjacent to an activating group) is 2. The van der Waals surface area contributed by atoms with Gasteiger partial charge in [0.15, 0.2) is 0 Å². The Morgan fingerprint density at radius 3 is 2.50 bits per heavy atom. The number of anilines is 1. The summed E-state index contributed by atoms with van der Waals surface area (Å²) in [4.78, 5) is 19.9. The molecular formula is C11H20N6O. The molecule has 0 saturated heterocycles. The van der Waals surface area contributed by atoms with E-state index in [1.54, 1.807) is 11.9 Å². The molecule has 1 aliphatic carbocycles. The van der Waals surface area contributed by atoms with Crippen molar-refractivity contribution in [3.05, 3.63) is 5.82 Å². The maximum Gasteiger partial charge on any atom is 0.291 e. The van der Waals surface area contributed by atoms with E-state index in [2.05, 4.69) is 34.2 Å². The highest BCUT2D eigenvalue weighted by Crippen LogP contribution is 2.36. The van der Waals surface area contributed by atoms with E-state index in [4.69, 9.17) is 5.73 Å². The van der Waals surface area contributed by atoms with E-state index in [0.717, 1.165) is 12.8 Å². The summed E-state index contributed by atoms with van der Waals surface area (Å²) in [5.74, 6) is 0.119. The van der Waals surface area contributed by atoms with Gasteiger partial charge in [-0.05, 0) is 33.4 Å². The summed E-state index contributed by atoms with van der Waals surface area (Å²) < 4.78 is 0. The Bertz CT molecular complexity index is 436. The second-order valence-electron chi connectivity index (χ2n) is 5.18. The Balaban J connectivity index is 2.03. The topological polar surface area (TPSA) is 91.1 Å². The van der Waals surface area contributed by atoms with E-state index in [0.29, 0.717) is 6.54 Å². The highest BCUT2D eigenvalue weighted by atomic mass is 16.2. The second kappa shape index (κ2) is 4.56. The highest BCUT2D eigenvalue weighted by Gasteiger charge is 2.41. The molecule has 0 atom stereocenters. The van der Waals surface area contributed by atoms with Crippen molar-refractivity contribution >= 4 is 11.9 Å². The number of nitrogens with one attached hydrogen (secondary N) is 1. The fourth-order valence-electron chi connectivity index (χ4n) is 2.40. The van der Waals surface area contributed by atoms with Crippen LogP contribution in [0.2, 0.25) is 0 Å². The van der Waals surface area contributed by atoms with Gasteiger partial charge in [0.2, 0.25) is 11.8 Å². The van der Waals surface area contributed by atoms with E-state index >= 15 is 0 Å². The van der Waals surface area contributed by atoms with Gasteiger partial charge in [-0.15, -0.1) is 5.10 Å². The zero-order valence-corrected chi connectivity index (χ0v) is 11.1. The first-order chi connectivity index (χ1) is 8.44. The average Bonchev–Trinajstić information content (AvgIpc) is 2.68. The van der Waals surface area contributed by atoms with Crippen LogP contribution in [0.5, 0.6) is 0 Å². The van der Waals surface area contributed by atoms with Crippen molar-refractivity contribution < 1.29 is 4.79 Å².